The molecule has 1 aliphatic rings. The number of esters is 1. The lowest BCUT2D eigenvalue weighted by molar-refractivity contribution is -0.352. The summed E-state index contributed by atoms with van der Waals surface area (Å²) in [6, 6.07) is 4.88. The maximum absolute atomic E-state index is 14.4. The number of hydrogen-bond donors (Lipinski definition) is 0. The van der Waals surface area contributed by atoms with Crippen molar-refractivity contribution in [1.29, 1.82) is 0 Å². The molecule has 1 heterocycles. The lowest BCUT2D eigenvalue weighted by Gasteiger charge is -2.33. The minimum absolute atomic E-state index is 0.0408. The van der Waals surface area contributed by atoms with Crippen LogP contribution < -0.4 is 9.47 Å². The molecular weight excluding hydrogens is 387 g/mol. The van der Waals surface area contributed by atoms with Crippen LogP contribution in [0.1, 0.15) is 78.1 Å². The second-order valence-electron chi connectivity index (χ2n) is 7.94. The normalized spacial score (nSPS) is 21.4. The predicted octanol–water partition coefficient (Wildman–Crippen LogP) is 6.20. The van der Waals surface area contributed by atoms with E-state index < -0.39 is 17.9 Å². The monoisotopic (exact) mass is 424 g/mol. The number of carbonyl (C=O) groups excluding carboxylic acids is 1. The fourth-order valence-electron chi connectivity index (χ4n) is 3.28. The van der Waals surface area contributed by atoms with Gasteiger partial charge in [0, 0.05) is 6.42 Å². The minimum Gasteiger partial charge on any atom is -0.494 e. The van der Waals surface area contributed by atoms with Crippen LogP contribution in [-0.2, 0) is 14.3 Å². The van der Waals surface area contributed by atoms with Gasteiger partial charge in [-0.1, -0.05) is 58.8 Å². The largest absolute Gasteiger partial charge is 0.494 e. The number of alkyl halides is 1. The van der Waals surface area contributed by atoms with Crippen molar-refractivity contribution in [2.45, 2.75) is 84.1 Å². The van der Waals surface area contributed by atoms with E-state index in [0.29, 0.717) is 18.8 Å². The lowest BCUT2D eigenvalue weighted by atomic mass is 10.1. The van der Waals surface area contributed by atoms with E-state index in [0.717, 1.165) is 25.0 Å². The summed E-state index contributed by atoms with van der Waals surface area (Å²) in [6.07, 6.45) is 10.1. The molecule has 2 rings (SSSR count). The molecule has 0 atom stereocenters. The van der Waals surface area contributed by atoms with E-state index in [-0.39, 0.29) is 19.6 Å². The number of benzene rings is 1. The maximum atomic E-state index is 14.4. The molecule has 0 amide bonds. The Morgan fingerprint density at radius 1 is 0.933 bits per heavy atom. The highest BCUT2D eigenvalue weighted by molar-refractivity contribution is 5.75. The lowest BCUT2D eigenvalue weighted by Crippen LogP contribution is -2.44. The van der Waals surface area contributed by atoms with E-state index in [1.165, 1.54) is 32.1 Å². The third kappa shape index (κ3) is 9.00. The Hall–Kier alpha value is -1.66. The number of unbranched alkanes of at least 4 members (excludes halogenated alkanes) is 7. The van der Waals surface area contributed by atoms with Crippen molar-refractivity contribution in [3.63, 3.8) is 0 Å². The van der Waals surface area contributed by atoms with Crippen LogP contribution in [0.5, 0.6) is 11.5 Å². The van der Waals surface area contributed by atoms with Gasteiger partial charge in [0.1, 0.15) is 17.4 Å². The van der Waals surface area contributed by atoms with Gasteiger partial charge < -0.3 is 18.9 Å². The second-order valence-corrected chi connectivity index (χ2v) is 7.94. The van der Waals surface area contributed by atoms with Gasteiger partial charge in [-0.15, -0.1) is 0 Å². The molecule has 0 unspecified atom stereocenters. The van der Waals surface area contributed by atoms with Gasteiger partial charge in [0.2, 0.25) is 0 Å². The van der Waals surface area contributed by atoms with E-state index in [1.807, 2.05) is 6.92 Å². The van der Waals surface area contributed by atoms with Crippen LogP contribution in [-0.4, -0.2) is 31.8 Å². The Morgan fingerprint density at radius 3 is 2.17 bits per heavy atom. The fraction of sp³-hybridized carbons (Fsp3) is 0.708. The Bertz CT molecular complexity index is 596. The van der Waals surface area contributed by atoms with Crippen LogP contribution in [0.3, 0.4) is 0 Å². The van der Waals surface area contributed by atoms with E-state index in [9.17, 15) is 9.18 Å². The molecule has 0 spiro atoms. The predicted molar refractivity (Wildman–Crippen MR) is 114 cm³/mol. The quantitative estimate of drug-likeness (QED) is 0.202. The molecular formula is C24H37FO5. The van der Waals surface area contributed by atoms with Crippen molar-refractivity contribution in [2.24, 2.45) is 5.92 Å². The van der Waals surface area contributed by atoms with Crippen LogP contribution in [0.4, 0.5) is 4.39 Å². The van der Waals surface area contributed by atoms with Crippen molar-refractivity contribution in [1.82, 2.24) is 0 Å². The zero-order valence-corrected chi connectivity index (χ0v) is 18.5. The van der Waals surface area contributed by atoms with Gasteiger partial charge in [-0.25, -0.2) is 0 Å². The summed E-state index contributed by atoms with van der Waals surface area (Å²) in [6.45, 7) is 4.87. The third-order valence-electron chi connectivity index (χ3n) is 5.22. The van der Waals surface area contributed by atoms with Crippen LogP contribution in [0.25, 0.3) is 0 Å². The van der Waals surface area contributed by atoms with Crippen LogP contribution in [0.15, 0.2) is 24.3 Å². The molecule has 0 N–H and O–H groups in total. The van der Waals surface area contributed by atoms with Crippen LogP contribution >= 0.6 is 0 Å². The summed E-state index contributed by atoms with van der Waals surface area (Å²) in [5.41, 5.74) is 0. The molecule has 0 saturated carbocycles. The van der Waals surface area contributed by atoms with Crippen molar-refractivity contribution in [3.05, 3.63) is 24.3 Å². The highest BCUT2D eigenvalue weighted by atomic mass is 19.2. The Kier molecular flexibility index (Phi) is 11.2. The summed E-state index contributed by atoms with van der Waals surface area (Å²) in [7, 11) is 0. The van der Waals surface area contributed by atoms with Gasteiger partial charge >= 0.3 is 12.0 Å². The van der Waals surface area contributed by atoms with E-state index in [4.69, 9.17) is 18.9 Å². The van der Waals surface area contributed by atoms with Gasteiger partial charge in [0.15, 0.2) is 0 Å². The van der Waals surface area contributed by atoms with Crippen molar-refractivity contribution in [2.75, 3.05) is 19.8 Å². The molecule has 1 fully saturated rings. The first kappa shape index (κ1) is 24.6. The van der Waals surface area contributed by atoms with Gasteiger partial charge in [-0.05, 0) is 37.1 Å². The molecule has 170 valence electrons. The molecule has 0 aromatic heterocycles. The van der Waals surface area contributed by atoms with Gasteiger partial charge in [0.05, 0.1) is 19.8 Å². The molecule has 0 aliphatic carbocycles. The number of ether oxygens (including phenoxy) is 4. The summed E-state index contributed by atoms with van der Waals surface area (Å²) in [5, 5.41) is 0. The molecule has 30 heavy (non-hydrogen) atoms. The summed E-state index contributed by atoms with van der Waals surface area (Å²) in [5.74, 6) is 0.0592. The zero-order chi connectivity index (χ0) is 21.7. The smallest absolute Gasteiger partial charge is 0.320 e. The fourth-order valence-corrected chi connectivity index (χ4v) is 3.28. The Morgan fingerprint density at radius 2 is 1.50 bits per heavy atom. The average Bonchev–Trinajstić information content (AvgIpc) is 2.75. The first-order chi connectivity index (χ1) is 14.6. The number of carbonyl (C=O) groups is 1. The van der Waals surface area contributed by atoms with Gasteiger partial charge in [0.25, 0.3) is 0 Å². The van der Waals surface area contributed by atoms with Gasteiger partial charge in [-0.2, -0.15) is 4.39 Å². The van der Waals surface area contributed by atoms with Crippen LogP contribution in [0.2, 0.25) is 0 Å². The number of halogens is 1. The molecule has 0 radical (unpaired) electrons. The molecule has 1 saturated heterocycles. The highest BCUT2D eigenvalue weighted by Crippen LogP contribution is 2.29. The third-order valence-corrected chi connectivity index (χ3v) is 5.22. The van der Waals surface area contributed by atoms with Crippen molar-refractivity contribution < 1.29 is 28.1 Å². The number of hydrogen-bond acceptors (Lipinski definition) is 5. The standard InChI is InChI=1S/C24H37FO5/c1-3-5-7-8-9-11-17-27-21-12-14-22(15-13-21)30-23(26)20-18-28-24(25,29-19-20)16-10-6-4-2/h12-15,20H,3-11,16-19H2,1-2H3. The topological polar surface area (TPSA) is 54.0 Å². The second kappa shape index (κ2) is 13.6. The summed E-state index contributed by atoms with van der Waals surface area (Å²) >= 11 is 0. The van der Waals surface area contributed by atoms with Gasteiger partial charge in [-0.3, -0.25) is 4.79 Å². The molecule has 5 nitrogen and oxygen atoms in total. The van der Waals surface area contributed by atoms with E-state index in [1.54, 1.807) is 24.3 Å². The molecule has 1 aromatic rings. The minimum atomic E-state index is -2.08. The Balaban J connectivity index is 1.66. The molecule has 1 aliphatic heterocycles. The SMILES string of the molecule is CCCCCCCCOc1ccc(OC(=O)C2COC(F)(CCCCC)OC2)cc1. The molecule has 1 aromatic carbocycles. The van der Waals surface area contributed by atoms with E-state index in [2.05, 4.69) is 6.92 Å². The highest BCUT2D eigenvalue weighted by Gasteiger charge is 2.40. The van der Waals surface area contributed by atoms with Crippen molar-refractivity contribution in [3.8, 4) is 11.5 Å². The van der Waals surface area contributed by atoms with Crippen LogP contribution in [0, 0.1) is 5.92 Å². The summed E-state index contributed by atoms with van der Waals surface area (Å²) < 4.78 is 35.9. The van der Waals surface area contributed by atoms with Crippen molar-refractivity contribution >= 4 is 5.97 Å². The molecule has 0 bridgehead atoms. The first-order valence-corrected chi connectivity index (χ1v) is 11.5. The average molecular weight is 425 g/mol. The molecule has 6 heteroatoms. The Labute approximate surface area is 180 Å². The summed E-state index contributed by atoms with van der Waals surface area (Å²) in [4.78, 5) is 12.3. The maximum Gasteiger partial charge on any atom is 0.320 e. The zero-order valence-electron chi connectivity index (χ0n) is 18.5. The first-order valence-electron chi connectivity index (χ1n) is 11.5. The number of rotatable bonds is 14. The van der Waals surface area contributed by atoms with E-state index >= 15 is 0 Å².